The molecule has 0 aliphatic rings. The number of fused-ring (bicyclic) bond motifs is 1. The largest absolute Gasteiger partial charge is 1.00 e. The Morgan fingerprint density at radius 3 is 2.44 bits per heavy atom. The lowest BCUT2D eigenvalue weighted by atomic mass is 10.1. The second kappa shape index (κ2) is 9.77. The van der Waals surface area contributed by atoms with Crippen molar-refractivity contribution in [2.45, 2.75) is 13.1 Å². The lowest BCUT2D eigenvalue weighted by molar-refractivity contribution is -0.594. The number of carbonyl (C=O) groups is 2. The van der Waals surface area contributed by atoms with Crippen molar-refractivity contribution in [2.75, 3.05) is 11.1 Å². The van der Waals surface area contributed by atoms with Gasteiger partial charge >= 0.3 is 12.2 Å². The first-order valence-electron chi connectivity index (χ1n) is 10.0. The predicted molar refractivity (Wildman–Crippen MR) is 117 cm³/mol. The number of carbonyl (C=O) groups excluding carboxylic acids is 2. The van der Waals surface area contributed by atoms with E-state index in [2.05, 4.69) is 20.7 Å². The van der Waals surface area contributed by atoms with Gasteiger partial charge in [0.2, 0.25) is 5.69 Å². The minimum absolute atomic E-state index is 0. The molecule has 3 heterocycles. The topological polar surface area (TPSA) is 119 Å². The van der Waals surface area contributed by atoms with Gasteiger partial charge in [0.05, 0.1) is 11.3 Å². The van der Waals surface area contributed by atoms with Crippen molar-refractivity contribution in [3.8, 4) is 5.69 Å². The third kappa shape index (κ3) is 5.05. The number of hydrogen-bond donors (Lipinski definition) is 3. The molecule has 0 aliphatic carbocycles. The van der Waals surface area contributed by atoms with Crippen LogP contribution in [0.5, 0.6) is 0 Å². The van der Waals surface area contributed by atoms with Crippen LogP contribution in [-0.4, -0.2) is 26.7 Å². The first-order valence-corrected chi connectivity index (χ1v) is 10.0. The molecule has 1 aromatic carbocycles. The number of nitrogens with two attached hydrogens (primary N) is 1. The number of nitrogens with one attached hydrogen (secondary N) is 2. The maximum Gasteiger partial charge on any atom is 0.419 e. The van der Waals surface area contributed by atoms with E-state index < -0.39 is 29.5 Å². The minimum atomic E-state index is -4.96. The molecular weight excluding hydrogens is 506 g/mol. The Kier molecular flexibility index (Phi) is 7.15. The Hall–Kier alpha value is -4.26. The molecular formula is C22H18ClF4N7O2. The lowest BCUT2D eigenvalue weighted by Gasteiger charge is -2.12. The van der Waals surface area contributed by atoms with E-state index >= 15 is 0 Å². The lowest BCUT2D eigenvalue weighted by Crippen LogP contribution is -3.00. The van der Waals surface area contributed by atoms with Crippen LogP contribution in [0.15, 0.2) is 48.9 Å². The second-order valence-electron chi connectivity index (χ2n) is 7.57. The maximum atomic E-state index is 13.5. The number of benzene rings is 1. The molecule has 14 heteroatoms. The highest BCUT2D eigenvalue weighted by Gasteiger charge is 2.34. The fraction of sp³-hybridized carbons (Fsp3) is 0.136. The molecule has 0 aliphatic heterocycles. The number of nitrogen functional groups attached to an aromatic ring is 1. The van der Waals surface area contributed by atoms with Crippen molar-refractivity contribution in [3.05, 3.63) is 71.6 Å². The molecule has 0 saturated heterocycles. The highest BCUT2D eigenvalue weighted by molar-refractivity contribution is 6.11. The number of imide groups is 1. The third-order valence-corrected chi connectivity index (χ3v) is 5.11. The van der Waals surface area contributed by atoms with Gasteiger partial charge in [0.25, 0.3) is 5.91 Å². The molecule has 4 N–H and O–H groups in total. The molecule has 0 spiro atoms. The molecule has 0 radical (unpaired) electrons. The summed E-state index contributed by atoms with van der Waals surface area (Å²) in [5.41, 5.74) is 5.76. The number of alkyl halides is 3. The van der Waals surface area contributed by atoms with Gasteiger partial charge in [-0.1, -0.05) is 0 Å². The van der Waals surface area contributed by atoms with Gasteiger partial charge in [0.15, 0.2) is 18.0 Å². The summed E-state index contributed by atoms with van der Waals surface area (Å²) in [7, 11) is 1.69. The van der Waals surface area contributed by atoms with E-state index in [0.717, 1.165) is 6.07 Å². The Bertz CT molecular complexity index is 1470. The zero-order chi connectivity index (χ0) is 25.5. The van der Waals surface area contributed by atoms with E-state index in [0.29, 0.717) is 40.2 Å². The monoisotopic (exact) mass is 523 g/mol. The molecule has 3 aromatic heterocycles. The van der Waals surface area contributed by atoms with Gasteiger partial charge in [-0.3, -0.25) is 10.1 Å². The molecule has 188 valence electrons. The molecule has 3 amide bonds. The van der Waals surface area contributed by atoms with E-state index in [1.807, 2.05) is 0 Å². The average molecular weight is 524 g/mol. The zero-order valence-corrected chi connectivity index (χ0v) is 19.4. The molecule has 4 aromatic rings. The maximum absolute atomic E-state index is 13.5. The van der Waals surface area contributed by atoms with Crippen molar-refractivity contribution < 1.29 is 44.1 Å². The van der Waals surface area contributed by atoms with Crippen LogP contribution in [0, 0.1) is 12.7 Å². The molecule has 0 saturated carbocycles. The van der Waals surface area contributed by atoms with Gasteiger partial charge in [-0.25, -0.2) is 18.9 Å². The van der Waals surface area contributed by atoms with Crippen LogP contribution in [-0.2, 0) is 13.2 Å². The number of pyridine rings is 2. The molecule has 4 rings (SSSR count). The molecule has 0 fully saturated rings. The summed E-state index contributed by atoms with van der Waals surface area (Å²) in [5.74, 6) is -2.37. The van der Waals surface area contributed by atoms with Gasteiger partial charge < -0.3 is 23.5 Å². The smallest absolute Gasteiger partial charge is 0.419 e. The number of urea groups is 1. The number of rotatable bonds is 3. The summed E-state index contributed by atoms with van der Waals surface area (Å²) in [4.78, 5) is 29.7. The molecule has 36 heavy (non-hydrogen) atoms. The Balaban J connectivity index is 0.00000361. The highest BCUT2D eigenvalue weighted by Crippen LogP contribution is 2.33. The Labute approximate surface area is 207 Å². The molecule has 0 unspecified atom stereocenters. The van der Waals surface area contributed by atoms with Crippen LogP contribution < -0.4 is 33.3 Å². The summed E-state index contributed by atoms with van der Waals surface area (Å²) in [6.45, 7) is 1.73. The number of nitrogens with zero attached hydrogens (tertiary/aromatic N) is 4. The number of aryl methyl sites for hydroxylation is 2. The number of aromatic nitrogens is 4. The van der Waals surface area contributed by atoms with Gasteiger partial charge in [-0.2, -0.15) is 22.8 Å². The Morgan fingerprint density at radius 1 is 1.14 bits per heavy atom. The van der Waals surface area contributed by atoms with Gasteiger partial charge in [0, 0.05) is 36.8 Å². The van der Waals surface area contributed by atoms with Crippen molar-refractivity contribution in [1.29, 1.82) is 0 Å². The van der Waals surface area contributed by atoms with Crippen LogP contribution in [0.25, 0.3) is 16.7 Å². The zero-order valence-electron chi connectivity index (χ0n) is 18.7. The summed E-state index contributed by atoms with van der Waals surface area (Å²) in [6.07, 6.45) is -0.471. The SMILES string of the molecule is Cc1nn(C)c2ncc(C(=O)NC(=O)Nc3ccc(F)c(C(F)(F)F)c3)c(-[n+]3ccc(N)cc3)c12.[Cl-]. The van der Waals surface area contributed by atoms with Crippen molar-refractivity contribution >= 4 is 34.3 Å². The van der Waals surface area contributed by atoms with E-state index in [1.165, 1.54) is 10.9 Å². The van der Waals surface area contributed by atoms with E-state index in [4.69, 9.17) is 5.73 Å². The minimum Gasteiger partial charge on any atom is -1.00 e. The Morgan fingerprint density at radius 2 is 1.81 bits per heavy atom. The predicted octanol–water partition coefficient (Wildman–Crippen LogP) is 0.259. The van der Waals surface area contributed by atoms with Crippen LogP contribution in [0.4, 0.5) is 33.7 Å². The van der Waals surface area contributed by atoms with Crippen LogP contribution in [0.3, 0.4) is 0 Å². The number of halogens is 5. The first-order chi connectivity index (χ1) is 16.5. The van der Waals surface area contributed by atoms with E-state index in [-0.39, 0.29) is 23.7 Å². The third-order valence-electron chi connectivity index (χ3n) is 5.11. The second-order valence-corrected chi connectivity index (χ2v) is 7.57. The molecule has 0 bridgehead atoms. The summed E-state index contributed by atoms with van der Waals surface area (Å²) >= 11 is 0. The van der Waals surface area contributed by atoms with Crippen LogP contribution in [0.1, 0.15) is 21.6 Å². The van der Waals surface area contributed by atoms with Crippen molar-refractivity contribution in [2.24, 2.45) is 7.05 Å². The van der Waals surface area contributed by atoms with Crippen molar-refractivity contribution in [1.82, 2.24) is 20.1 Å². The summed E-state index contributed by atoms with van der Waals surface area (Å²) in [6, 6.07) is 4.04. The average Bonchev–Trinajstić information content (AvgIpc) is 3.07. The van der Waals surface area contributed by atoms with Gasteiger partial charge in [-0.05, 0) is 25.1 Å². The summed E-state index contributed by atoms with van der Waals surface area (Å²) < 4.78 is 55.5. The fourth-order valence-corrected chi connectivity index (χ4v) is 3.57. The quantitative estimate of drug-likeness (QED) is 0.263. The molecule has 9 nitrogen and oxygen atoms in total. The molecule has 0 atom stereocenters. The van der Waals surface area contributed by atoms with E-state index in [9.17, 15) is 27.2 Å². The van der Waals surface area contributed by atoms with Gasteiger partial charge in [0.1, 0.15) is 16.8 Å². The highest BCUT2D eigenvalue weighted by atomic mass is 35.5. The first kappa shape index (κ1) is 26.3. The number of anilines is 2. The standard InChI is InChI=1S/C22H17F4N7O2.ClH/c1-11-17-18(33-7-5-12(27)6-8-33)14(10-28-19(17)32(2)31-11)20(34)30-21(35)29-13-3-4-16(23)15(9-13)22(24,25)26;/h3-10,27H,1-2H3,(H2,29,30,34,35);1H. The fourth-order valence-electron chi connectivity index (χ4n) is 3.57. The summed E-state index contributed by atoms with van der Waals surface area (Å²) in [5, 5.41) is 9.04. The van der Waals surface area contributed by atoms with Crippen molar-refractivity contribution in [3.63, 3.8) is 0 Å². The van der Waals surface area contributed by atoms with Crippen LogP contribution in [0.2, 0.25) is 0 Å². The normalized spacial score (nSPS) is 11.2. The van der Waals surface area contributed by atoms with Crippen LogP contribution >= 0.6 is 0 Å². The van der Waals surface area contributed by atoms with Gasteiger partial charge in [-0.15, -0.1) is 0 Å². The van der Waals surface area contributed by atoms with E-state index in [1.54, 1.807) is 43.1 Å². The number of hydrogen-bond acceptors (Lipinski definition) is 5. The number of amides is 3.